The number of aromatic hydroxyl groups is 1. The van der Waals surface area contributed by atoms with Gasteiger partial charge in [-0.05, 0) is 55.3 Å². The van der Waals surface area contributed by atoms with Gasteiger partial charge in [0.15, 0.2) is 0 Å². The van der Waals surface area contributed by atoms with Crippen molar-refractivity contribution in [3.63, 3.8) is 0 Å². The van der Waals surface area contributed by atoms with Gasteiger partial charge >= 0.3 is 0 Å². The Morgan fingerprint density at radius 3 is 2.20 bits per heavy atom. The lowest BCUT2D eigenvalue weighted by atomic mass is 9.98. The van der Waals surface area contributed by atoms with E-state index in [-0.39, 0.29) is 10.8 Å². The molecule has 2 N–H and O–H groups in total. The quantitative estimate of drug-likeness (QED) is 0.836. The lowest BCUT2D eigenvalue weighted by Crippen LogP contribution is -2.03. The van der Waals surface area contributed by atoms with Gasteiger partial charge in [-0.25, -0.2) is 0 Å². The third-order valence-electron chi connectivity index (χ3n) is 3.19. The number of phenolic OH excluding ortho intramolecular Hbond substituents is 1. The monoisotopic (exact) mass is 289 g/mol. The van der Waals surface area contributed by atoms with Crippen molar-refractivity contribution in [2.24, 2.45) is 0 Å². The molecule has 2 rings (SSSR count). The minimum Gasteiger partial charge on any atom is -0.506 e. The molecule has 0 spiro atoms. The first kappa shape index (κ1) is 14.4. The third kappa shape index (κ3) is 2.63. The van der Waals surface area contributed by atoms with E-state index in [1.165, 1.54) is 6.07 Å². The maximum absolute atomic E-state index is 9.43. The van der Waals surface area contributed by atoms with Gasteiger partial charge in [0.1, 0.15) is 11.5 Å². The zero-order valence-corrected chi connectivity index (χ0v) is 12.4. The number of ether oxygens (including phenoxy) is 1. The largest absolute Gasteiger partial charge is 0.506 e. The van der Waals surface area contributed by atoms with E-state index < -0.39 is 0 Å². The van der Waals surface area contributed by atoms with Crippen molar-refractivity contribution in [3.05, 3.63) is 57.6 Å². The minimum absolute atomic E-state index is 0.0188. The van der Waals surface area contributed by atoms with Crippen LogP contribution in [0.2, 0.25) is 5.02 Å². The molecule has 0 aliphatic rings. The van der Waals surface area contributed by atoms with Crippen molar-refractivity contribution >= 4 is 17.3 Å². The van der Waals surface area contributed by atoms with Crippen LogP contribution in [-0.2, 0) is 0 Å². The van der Waals surface area contributed by atoms with Gasteiger partial charge in [-0.2, -0.15) is 0 Å². The molecule has 0 heterocycles. The maximum Gasteiger partial charge on any atom is 0.134 e. The second-order valence-corrected chi connectivity index (χ2v) is 5.09. The van der Waals surface area contributed by atoms with Gasteiger partial charge in [0.25, 0.3) is 0 Å². The van der Waals surface area contributed by atoms with Crippen LogP contribution in [0.15, 0.2) is 30.3 Å². The van der Waals surface area contributed by atoms with Crippen molar-refractivity contribution < 1.29 is 9.84 Å². The lowest BCUT2D eigenvalue weighted by molar-refractivity contribution is 0.408. The van der Waals surface area contributed by atoms with Gasteiger partial charge in [0.2, 0.25) is 0 Å². The Bertz CT molecular complexity index is 657. The molecular weight excluding hydrogens is 274 g/mol. The fraction of sp³-hybridized carbons (Fsp3) is 0.188. The topological polar surface area (TPSA) is 53.3 Å². The molecule has 0 saturated carbocycles. The predicted octanol–water partition coefficient (Wildman–Crippen LogP) is 4.09. The van der Waals surface area contributed by atoms with E-state index in [1.54, 1.807) is 19.2 Å². The van der Waals surface area contributed by atoms with Crippen LogP contribution < -0.4 is 4.74 Å². The highest BCUT2D eigenvalue weighted by Gasteiger charge is 2.11. The summed E-state index contributed by atoms with van der Waals surface area (Å²) in [5.74, 6) is 0.857. The Balaban J connectivity index is 2.45. The minimum atomic E-state index is 0.0188. The molecule has 20 heavy (non-hydrogen) atoms. The van der Waals surface area contributed by atoms with Crippen LogP contribution in [0.1, 0.15) is 22.3 Å². The fourth-order valence-corrected chi connectivity index (χ4v) is 2.43. The molecule has 0 aliphatic heterocycles. The molecule has 0 saturated heterocycles. The van der Waals surface area contributed by atoms with E-state index in [0.717, 1.165) is 22.4 Å². The summed E-state index contributed by atoms with van der Waals surface area (Å²) >= 11 is 5.89. The summed E-state index contributed by atoms with van der Waals surface area (Å²) < 4.78 is 5.33. The van der Waals surface area contributed by atoms with Crippen LogP contribution in [0.4, 0.5) is 0 Å². The highest BCUT2D eigenvalue weighted by molar-refractivity contribution is 6.32. The van der Waals surface area contributed by atoms with Crippen molar-refractivity contribution in [1.29, 1.82) is 5.41 Å². The van der Waals surface area contributed by atoms with E-state index >= 15 is 0 Å². The molecule has 2 aromatic rings. The zero-order chi connectivity index (χ0) is 14.9. The van der Waals surface area contributed by atoms with E-state index in [9.17, 15) is 5.11 Å². The first-order valence-corrected chi connectivity index (χ1v) is 6.55. The van der Waals surface area contributed by atoms with E-state index in [1.807, 2.05) is 26.0 Å². The fourth-order valence-electron chi connectivity index (χ4n) is 2.25. The number of nitrogens with one attached hydrogen (secondary N) is 1. The molecule has 0 aliphatic carbocycles. The molecule has 0 atom stereocenters. The number of halogens is 1. The van der Waals surface area contributed by atoms with Gasteiger partial charge in [0.05, 0.1) is 17.8 Å². The van der Waals surface area contributed by atoms with Gasteiger partial charge in [-0.15, -0.1) is 0 Å². The van der Waals surface area contributed by atoms with E-state index in [0.29, 0.717) is 11.3 Å². The van der Waals surface area contributed by atoms with Gasteiger partial charge < -0.3 is 9.84 Å². The highest BCUT2D eigenvalue weighted by Crippen LogP contribution is 2.28. The lowest BCUT2D eigenvalue weighted by Gasteiger charge is -2.12. The molecule has 0 radical (unpaired) electrons. The maximum atomic E-state index is 9.43. The zero-order valence-electron chi connectivity index (χ0n) is 11.6. The number of hydrogen-bond donors (Lipinski definition) is 2. The number of methoxy groups -OCH3 is 1. The van der Waals surface area contributed by atoms with Gasteiger partial charge in [-0.3, -0.25) is 5.41 Å². The third-order valence-corrected chi connectivity index (χ3v) is 3.49. The number of benzene rings is 2. The van der Waals surface area contributed by atoms with Crippen LogP contribution in [0, 0.1) is 19.3 Å². The summed E-state index contributed by atoms with van der Waals surface area (Å²) in [6, 6.07) is 8.59. The Morgan fingerprint density at radius 2 is 1.70 bits per heavy atom. The molecule has 2 aromatic carbocycles. The Kier molecular flexibility index (Phi) is 4.00. The van der Waals surface area contributed by atoms with Crippen LogP contribution in [-0.4, -0.2) is 17.9 Å². The van der Waals surface area contributed by atoms with E-state index in [4.69, 9.17) is 21.7 Å². The smallest absolute Gasteiger partial charge is 0.134 e. The first-order valence-electron chi connectivity index (χ1n) is 6.17. The molecule has 4 heteroatoms. The van der Waals surface area contributed by atoms with Crippen LogP contribution in [0.25, 0.3) is 0 Å². The van der Waals surface area contributed by atoms with Crippen molar-refractivity contribution in [2.75, 3.05) is 7.11 Å². The molecule has 3 nitrogen and oxygen atoms in total. The average Bonchev–Trinajstić information content (AvgIpc) is 2.40. The number of hydrogen-bond acceptors (Lipinski definition) is 3. The number of aryl methyl sites for hydroxylation is 2. The van der Waals surface area contributed by atoms with Crippen molar-refractivity contribution in [2.45, 2.75) is 13.8 Å². The summed E-state index contributed by atoms with van der Waals surface area (Å²) in [6.07, 6.45) is 0. The van der Waals surface area contributed by atoms with Crippen LogP contribution >= 0.6 is 11.6 Å². The standard InChI is InChI=1S/C16H16ClNO2/c1-9-6-12(7-10(2)16(9)20-3)15(18)11-4-5-14(19)13(17)8-11/h4-8,18-19H,1-3H3. The highest BCUT2D eigenvalue weighted by atomic mass is 35.5. The molecule has 0 aromatic heterocycles. The van der Waals surface area contributed by atoms with Gasteiger partial charge in [0, 0.05) is 11.1 Å². The Morgan fingerprint density at radius 1 is 1.10 bits per heavy atom. The predicted molar refractivity (Wildman–Crippen MR) is 81.5 cm³/mol. The van der Waals surface area contributed by atoms with E-state index in [2.05, 4.69) is 0 Å². The second-order valence-electron chi connectivity index (χ2n) is 4.68. The molecule has 0 unspecified atom stereocenters. The summed E-state index contributed by atoms with van der Waals surface area (Å²) in [7, 11) is 1.64. The molecule has 104 valence electrons. The number of phenols is 1. The summed E-state index contributed by atoms with van der Waals surface area (Å²) in [6.45, 7) is 3.90. The molecule has 0 fully saturated rings. The molecule has 0 amide bonds. The average molecular weight is 290 g/mol. The van der Waals surface area contributed by atoms with Crippen molar-refractivity contribution in [3.8, 4) is 11.5 Å². The summed E-state index contributed by atoms with van der Waals surface area (Å²) in [4.78, 5) is 0. The normalized spacial score (nSPS) is 10.4. The Hall–Kier alpha value is -2.00. The summed E-state index contributed by atoms with van der Waals surface area (Å²) in [5, 5.41) is 18.0. The SMILES string of the molecule is COc1c(C)cc(C(=N)c2ccc(O)c(Cl)c2)cc1C. The molecule has 0 bridgehead atoms. The van der Waals surface area contributed by atoms with Crippen molar-refractivity contribution in [1.82, 2.24) is 0 Å². The molecular formula is C16H16ClNO2. The second kappa shape index (κ2) is 5.55. The van der Waals surface area contributed by atoms with Crippen LogP contribution in [0.5, 0.6) is 11.5 Å². The van der Waals surface area contributed by atoms with Gasteiger partial charge in [-0.1, -0.05) is 11.6 Å². The van der Waals surface area contributed by atoms with Crippen LogP contribution in [0.3, 0.4) is 0 Å². The number of rotatable bonds is 3. The Labute approximate surface area is 123 Å². The first-order chi connectivity index (χ1) is 9.43. The summed E-state index contributed by atoms with van der Waals surface area (Å²) in [5.41, 5.74) is 3.79.